The second kappa shape index (κ2) is 3.77. The molecule has 1 fully saturated rings. The number of hydrazine groups is 1. The van der Waals surface area contributed by atoms with Crippen molar-refractivity contribution >= 4 is 6.09 Å². The Labute approximate surface area is 85.8 Å². The Kier molecular flexibility index (Phi) is 3.04. The zero-order chi connectivity index (χ0) is 10.9. The normalized spacial score (nSPS) is 24.0. The smallest absolute Gasteiger partial charge is 0.424 e. The fraction of sp³-hybridized carbons (Fsp3) is 0.900. The second-order valence-corrected chi connectivity index (χ2v) is 4.98. The number of ether oxygens (including phenoxy) is 1. The van der Waals surface area contributed by atoms with E-state index in [0.717, 1.165) is 6.42 Å². The molecule has 0 aliphatic carbocycles. The maximum Gasteiger partial charge on any atom is 0.424 e. The minimum atomic E-state index is -0.235. The molecular formula is C10H20N2O2. The van der Waals surface area contributed by atoms with Crippen molar-refractivity contribution in [3.8, 4) is 0 Å². The highest BCUT2D eigenvalue weighted by Gasteiger charge is 2.38. The van der Waals surface area contributed by atoms with E-state index in [9.17, 15) is 4.79 Å². The highest BCUT2D eigenvalue weighted by Crippen LogP contribution is 2.30. The van der Waals surface area contributed by atoms with E-state index >= 15 is 0 Å². The van der Waals surface area contributed by atoms with Crippen LogP contribution in [0.3, 0.4) is 0 Å². The first-order chi connectivity index (χ1) is 6.34. The molecule has 82 valence electrons. The molecule has 1 aliphatic rings. The Balaban J connectivity index is 2.86. The maximum atomic E-state index is 11.6. The fourth-order valence-electron chi connectivity index (χ4n) is 1.82. The quantitative estimate of drug-likeness (QED) is 0.646. The number of hydrogen-bond acceptors (Lipinski definition) is 3. The maximum absolute atomic E-state index is 11.6. The average Bonchev–Trinajstić information content (AvgIpc) is 2.01. The first-order valence-corrected chi connectivity index (χ1v) is 4.97. The summed E-state index contributed by atoms with van der Waals surface area (Å²) in [6.45, 7) is 6.97. The van der Waals surface area contributed by atoms with Gasteiger partial charge in [-0.15, -0.1) is 0 Å². The van der Waals surface area contributed by atoms with Gasteiger partial charge in [0.05, 0.1) is 12.6 Å². The number of carbonyl (C=O) groups is 1. The van der Waals surface area contributed by atoms with Crippen LogP contribution in [0.5, 0.6) is 0 Å². The van der Waals surface area contributed by atoms with Crippen molar-refractivity contribution in [2.24, 2.45) is 5.41 Å². The van der Waals surface area contributed by atoms with Gasteiger partial charge in [-0.25, -0.2) is 14.8 Å². The van der Waals surface area contributed by atoms with Crippen LogP contribution in [0.1, 0.15) is 27.2 Å². The van der Waals surface area contributed by atoms with E-state index in [1.54, 1.807) is 10.0 Å². The topological polar surface area (TPSA) is 32.8 Å². The molecule has 0 N–H and O–H groups in total. The van der Waals surface area contributed by atoms with E-state index in [4.69, 9.17) is 4.74 Å². The van der Waals surface area contributed by atoms with Crippen molar-refractivity contribution in [3.05, 3.63) is 0 Å². The third-order valence-electron chi connectivity index (χ3n) is 2.53. The van der Waals surface area contributed by atoms with Gasteiger partial charge in [0.2, 0.25) is 0 Å². The van der Waals surface area contributed by atoms with Gasteiger partial charge in [0, 0.05) is 20.5 Å². The van der Waals surface area contributed by atoms with Gasteiger partial charge in [0.25, 0.3) is 0 Å². The summed E-state index contributed by atoms with van der Waals surface area (Å²) in [5.74, 6) is 0. The van der Waals surface area contributed by atoms with Gasteiger partial charge in [-0.3, -0.25) is 0 Å². The third-order valence-corrected chi connectivity index (χ3v) is 2.53. The molecule has 0 radical (unpaired) electrons. The SMILES string of the molecule is CN(C)N1C(=O)OCCC1C(C)(C)C. The largest absolute Gasteiger partial charge is 0.448 e. The summed E-state index contributed by atoms with van der Waals surface area (Å²) in [6.07, 6.45) is 0.661. The molecule has 1 saturated heterocycles. The fourth-order valence-corrected chi connectivity index (χ4v) is 1.82. The number of carbonyl (C=O) groups excluding carboxylic acids is 1. The molecule has 1 aliphatic heterocycles. The Morgan fingerprint density at radius 1 is 1.43 bits per heavy atom. The minimum Gasteiger partial charge on any atom is -0.448 e. The Morgan fingerprint density at radius 3 is 2.36 bits per heavy atom. The standard InChI is InChI=1S/C10H20N2O2/c1-10(2,3)8-6-7-14-9(13)12(8)11(4)5/h8H,6-7H2,1-5H3. The van der Waals surface area contributed by atoms with Crippen LogP contribution in [0, 0.1) is 5.41 Å². The van der Waals surface area contributed by atoms with Crippen molar-refractivity contribution in [1.29, 1.82) is 0 Å². The van der Waals surface area contributed by atoms with Gasteiger partial charge in [-0.05, 0) is 5.41 Å². The third kappa shape index (κ3) is 2.18. The molecule has 0 aromatic carbocycles. The molecule has 1 rings (SSSR count). The molecule has 4 nitrogen and oxygen atoms in total. The molecule has 1 unspecified atom stereocenters. The number of rotatable bonds is 1. The lowest BCUT2D eigenvalue weighted by molar-refractivity contribution is -0.0821. The first kappa shape index (κ1) is 11.3. The van der Waals surface area contributed by atoms with Gasteiger partial charge in [-0.1, -0.05) is 20.8 Å². The van der Waals surface area contributed by atoms with Gasteiger partial charge in [0.1, 0.15) is 0 Å². The summed E-state index contributed by atoms with van der Waals surface area (Å²) in [4.78, 5) is 11.6. The zero-order valence-corrected chi connectivity index (χ0v) is 9.70. The predicted molar refractivity (Wildman–Crippen MR) is 54.7 cm³/mol. The summed E-state index contributed by atoms with van der Waals surface area (Å²) in [5, 5.41) is 3.50. The number of hydrogen-bond donors (Lipinski definition) is 0. The molecular weight excluding hydrogens is 180 g/mol. The van der Waals surface area contributed by atoms with Crippen LogP contribution in [-0.2, 0) is 4.74 Å². The molecule has 4 heteroatoms. The summed E-state index contributed by atoms with van der Waals surface area (Å²) in [5.41, 5.74) is 0.0870. The molecule has 0 saturated carbocycles. The van der Waals surface area contributed by atoms with Crippen molar-refractivity contribution in [3.63, 3.8) is 0 Å². The lowest BCUT2D eigenvalue weighted by Gasteiger charge is -2.44. The molecule has 1 atom stereocenters. The van der Waals surface area contributed by atoms with Crippen molar-refractivity contribution < 1.29 is 9.53 Å². The van der Waals surface area contributed by atoms with E-state index in [-0.39, 0.29) is 17.6 Å². The van der Waals surface area contributed by atoms with Crippen molar-refractivity contribution in [2.75, 3.05) is 20.7 Å². The zero-order valence-electron chi connectivity index (χ0n) is 9.70. The molecule has 0 aromatic rings. The lowest BCUT2D eigenvalue weighted by Crippen LogP contribution is -2.57. The van der Waals surface area contributed by atoms with E-state index < -0.39 is 0 Å². The minimum absolute atomic E-state index is 0.0870. The first-order valence-electron chi connectivity index (χ1n) is 4.97. The highest BCUT2D eigenvalue weighted by molar-refractivity contribution is 5.68. The number of nitrogens with zero attached hydrogens (tertiary/aromatic N) is 2. The van der Waals surface area contributed by atoms with Gasteiger partial charge >= 0.3 is 6.09 Å². The second-order valence-electron chi connectivity index (χ2n) is 4.98. The lowest BCUT2D eigenvalue weighted by atomic mass is 9.84. The van der Waals surface area contributed by atoms with Crippen LogP contribution in [0.4, 0.5) is 4.79 Å². The highest BCUT2D eigenvalue weighted by atomic mass is 16.6. The summed E-state index contributed by atoms with van der Waals surface area (Å²) in [6, 6.07) is 0.221. The summed E-state index contributed by atoms with van der Waals surface area (Å²) < 4.78 is 5.02. The number of cyclic esters (lactones) is 1. The molecule has 0 aromatic heterocycles. The van der Waals surface area contributed by atoms with E-state index in [2.05, 4.69) is 20.8 Å². The van der Waals surface area contributed by atoms with E-state index in [0.29, 0.717) is 6.61 Å². The van der Waals surface area contributed by atoms with Gasteiger partial charge in [-0.2, -0.15) is 0 Å². The van der Waals surface area contributed by atoms with Crippen LogP contribution in [0.25, 0.3) is 0 Å². The Bertz CT molecular complexity index is 221. The average molecular weight is 200 g/mol. The van der Waals surface area contributed by atoms with Crippen molar-refractivity contribution in [1.82, 2.24) is 10.0 Å². The molecule has 1 heterocycles. The predicted octanol–water partition coefficient (Wildman–Crippen LogP) is 1.72. The summed E-state index contributed by atoms with van der Waals surface area (Å²) in [7, 11) is 3.73. The molecule has 14 heavy (non-hydrogen) atoms. The van der Waals surface area contributed by atoms with E-state index in [1.807, 2.05) is 14.1 Å². The monoisotopic (exact) mass is 200 g/mol. The van der Waals surface area contributed by atoms with E-state index in [1.165, 1.54) is 0 Å². The molecule has 0 bridgehead atoms. The van der Waals surface area contributed by atoms with Crippen LogP contribution in [-0.4, -0.2) is 42.9 Å². The molecule has 0 spiro atoms. The van der Waals surface area contributed by atoms with Gasteiger partial charge < -0.3 is 4.74 Å². The van der Waals surface area contributed by atoms with Crippen molar-refractivity contribution in [2.45, 2.75) is 33.2 Å². The Morgan fingerprint density at radius 2 is 2.00 bits per heavy atom. The van der Waals surface area contributed by atoms with Crippen LogP contribution in [0.2, 0.25) is 0 Å². The van der Waals surface area contributed by atoms with Gasteiger partial charge in [0.15, 0.2) is 0 Å². The summed E-state index contributed by atoms with van der Waals surface area (Å²) >= 11 is 0. The molecule has 1 amide bonds. The van der Waals surface area contributed by atoms with Crippen LogP contribution in [0.15, 0.2) is 0 Å². The Hall–Kier alpha value is -0.770. The van der Waals surface area contributed by atoms with Crippen LogP contribution >= 0.6 is 0 Å². The number of amides is 1. The van der Waals surface area contributed by atoms with Crippen LogP contribution < -0.4 is 0 Å².